The van der Waals surface area contributed by atoms with Crippen molar-refractivity contribution in [2.75, 3.05) is 19.8 Å². The molecule has 0 aromatic carbocycles. The largest absolute Gasteiger partial charge is 0.461 e. The number of nitriles is 1. The fourth-order valence-corrected chi connectivity index (χ4v) is 4.29. The summed E-state index contributed by atoms with van der Waals surface area (Å²) in [7, 11) is -1.54. The van der Waals surface area contributed by atoms with Crippen LogP contribution in [-0.2, 0) is 33.0 Å². The third kappa shape index (κ3) is 6.44. The third-order valence-corrected chi connectivity index (χ3v) is 7.19. The fraction of sp³-hybridized carbons (Fsp3) is 0.500. The molecule has 1 aromatic rings. The smallest absolute Gasteiger partial charge is 0.355 e. The first-order valence-corrected chi connectivity index (χ1v) is 12.7. The van der Waals surface area contributed by atoms with E-state index in [4.69, 9.17) is 9.47 Å². The van der Waals surface area contributed by atoms with E-state index in [0.717, 1.165) is 11.3 Å². The summed E-state index contributed by atoms with van der Waals surface area (Å²) in [4.78, 5) is 12.7. The number of hydrogen-bond acceptors (Lipinski definition) is 6. The van der Waals surface area contributed by atoms with Crippen LogP contribution in [0.3, 0.4) is 0 Å². The summed E-state index contributed by atoms with van der Waals surface area (Å²) in [6, 6.07) is 2.26. The number of rotatable bonds is 10. The van der Waals surface area contributed by atoms with E-state index < -0.39 is 21.2 Å². The highest BCUT2D eigenvalue weighted by molar-refractivity contribution is 7.90. The molecule has 0 amide bonds. The second kappa shape index (κ2) is 12.0. The van der Waals surface area contributed by atoms with Gasteiger partial charge in [-0.2, -0.15) is 5.26 Å². The summed E-state index contributed by atoms with van der Waals surface area (Å²) in [6.45, 7) is 7.63. The lowest BCUT2D eigenvalue weighted by Crippen LogP contribution is -2.33. The van der Waals surface area contributed by atoms with Gasteiger partial charge >= 0.3 is 5.97 Å². The van der Waals surface area contributed by atoms with Gasteiger partial charge in [-0.3, -0.25) is 0 Å². The Morgan fingerprint density at radius 2 is 2.09 bits per heavy atom. The highest BCUT2D eigenvalue weighted by atomic mass is 32.2. The lowest BCUT2D eigenvalue weighted by molar-refractivity contribution is 0.0514. The molecule has 0 bridgehead atoms. The molecule has 0 radical (unpaired) electrons. The van der Waals surface area contributed by atoms with Crippen molar-refractivity contribution >= 4 is 21.6 Å². The van der Waals surface area contributed by atoms with E-state index in [-0.39, 0.29) is 25.9 Å². The van der Waals surface area contributed by atoms with Crippen LogP contribution in [0.4, 0.5) is 0 Å². The van der Waals surface area contributed by atoms with Crippen LogP contribution in [-0.4, -0.2) is 50.1 Å². The molecule has 0 aliphatic heterocycles. The predicted octanol–water partition coefficient (Wildman–Crippen LogP) is 3.25. The number of sulfonamides is 1. The van der Waals surface area contributed by atoms with Crippen LogP contribution >= 0.6 is 0 Å². The number of carbonyl (C=O) groups excluding carboxylic acids is 1. The summed E-state index contributed by atoms with van der Waals surface area (Å²) in [5.41, 5.74) is 2.92. The molecule has 0 spiro atoms. The Kier molecular flexibility index (Phi) is 9.65. The average Bonchev–Trinajstić information content (AvgIpc) is 3.03. The molecule has 1 aliphatic rings. The summed E-state index contributed by atoms with van der Waals surface area (Å²) in [5.74, 6) is -0.461. The standard InChI is InChI=1S/C24H33N3O5S/c1-6-21-20(16-25)22(23(27(21)5)24(28)31-7-2)18-10-8-12-19(13-9-11-18)32-15-14-26-33(29,30)17(3)4/h8-12,17,19,26H,6-7,13-15H2,1-5H3/b11-9?,12-8+,18-10?. The molecule has 1 aliphatic carbocycles. The minimum Gasteiger partial charge on any atom is -0.461 e. The van der Waals surface area contributed by atoms with Crippen LogP contribution in [0.2, 0.25) is 0 Å². The number of ether oxygens (including phenoxy) is 2. The first-order valence-electron chi connectivity index (χ1n) is 11.1. The van der Waals surface area contributed by atoms with Gasteiger partial charge in [0.1, 0.15) is 11.8 Å². The molecule has 1 unspecified atom stereocenters. The number of hydrogen-bond donors (Lipinski definition) is 1. The third-order valence-electron chi connectivity index (χ3n) is 5.35. The van der Waals surface area contributed by atoms with Gasteiger partial charge in [-0.05, 0) is 39.2 Å². The van der Waals surface area contributed by atoms with Crippen molar-refractivity contribution in [1.82, 2.24) is 9.29 Å². The number of nitrogens with one attached hydrogen (secondary N) is 1. The molecule has 33 heavy (non-hydrogen) atoms. The summed E-state index contributed by atoms with van der Waals surface area (Å²) >= 11 is 0. The number of esters is 1. The van der Waals surface area contributed by atoms with Crippen LogP contribution < -0.4 is 4.72 Å². The van der Waals surface area contributed by atoms with Crippen molar-refractivity contribution in [2.24, 2.45) is 7.05 Å². The molecule has 0 saturated heterocycles. The maximum atomic E-state index is 12.7. The second-order valence-electron chi connectivity index (χ2n) is 7.83. The Labute approximate surface area is 196 Å². The van der Waals surface area contributed by atoms with Gasteiger partial charge < -0.3 is 14.0 Å². The Hall–Kier alpha value is -2.67. The van der Waals surface area contributed by atoms with E-state index in [1.54, 1.807) is 32.4 Å². The van der Waals surface area contributed by atoms with Crippen LogP contribution in [0.1, 0.15) is 61.4 Å². The fourth-order valence-electron chi connectivity index (χ4n) is 3.58. The molecule has 0 saturated carbocycles. The molecule has 8 nitrogen and oxygen atoms in total. The summed E-state index contributed by atoms with van der Waals surface area (Å²) in [6.07, 6.45) is 10.3. The van der Waals surface area contributed by atoms with Gasteiger partial charge in [0.2, 0.25) is 10.0 Å². The molecule has 1 atom stereocenters. The monoisotopic (exact) mass is 475 g/mol. The maximum Gasteiger partial charge on any atom is 0.355 e. The molecule has 180 valence electrons. The van der Waals surface area contributed by atoms with Gasteiger partial charge in [-0.15, -0.1) is 0 Å². The molecule has 0 fully saturated rings. The first kappa shape index (κ1) is 26.6. The number of carbonyl (C=O) groups is 1. The number of nitrogens with zero attached hydrogens (tertiary/aromatic N) is 2. The zero-order chi connectivity index (χ0) is 24.6. The molecule has 1 aromatic heterocycles. The van der Waals surface area contributed by atoms with E-state index in [1.807, 2.05) is 37.3 Å². The Morgan fingerprint density at radius 3 is 2.70 bits per heavy atom. The van der Waals surface area contributed by atoms with E-state index in [9.17, 15) is 18.5 Å². The van der Waals surface area contributed by atoms with E-state index >= 15 is 0 Å². The van der Waals surface area contributed by atoms with Crippen LogP contribution in [0, 0.1) is 11.3 Å². The quantitative estimate of drug-likeness (QED) is 0.411. The molecule has 1 heterocycles. The van der Waals surface area contributed by atoms with Gasteiger partial charge in [0.05, 0.1) is 30.1 Å². The van der Waals surface area contributed by atoms with E-state index in [0.29, 0.717) is 29.7 Å². The average molecular weight is 476 g/mol. The van der Waals surface area contributed by atoms with Crippen molar-refractivity contribution in [3.05, 3.63) is 52.9 Å². The van der Waals surface area contributed by atoms with E-state index in [1.165, 1.54) is 0 Å². The van der Waals surface area contributed by atoms with Crippen molar-refractivity contribution in [3.63, 3.8) is 0 Å². The SMILES string of the molecule is CCOC(=O)c1c(C2=C/C=C/C(OCCNS(=O)(=O)C(C)C)CC=C2)c(C#N)c(CC)n1C. The van der Waals surface area contributed by atoms with Gasteiger partial charge in [-0.1, -0.05) is 37.3 Å². The lowest BCUT2D eigenvalue weighted by atomic mass is 9.97. The van der Waals surface area contributed by atoms with Gasteiger partial charge in [0, 0.05) is 24.8 Å². The predicted molar refractivity (Wildman–Crippen MR) is 128 cm³/mol. The number of aromatic nitrogens is 1. The van der Waals surface area contributed by atoms with Gasteiger partial charge in [0.15, 0.2) is 0 Å². The topological polar surface area (TPSA) is 110 Å². The van der Waals surface area contributed by atoms with Crippen molar-refractivity contribution in [3.8, 4) is 6.07 Å². The lowest BCUT2D eigenvalue weighted by Gasteiger charge is -2.15. The van der Waals surface area contributed by atoms with E-state index in [2.05, 4.69) is 10.8 Å². The zero-order valence-corrected chi connectivity index (χ0v) is 20.7. The first-order chi connectivity index (χ1) is 15.7. The molecular formula is C24H33N3O5S. The minimum atomic E-state index is -3.32. The summed E-state index contributed by atoms with van der Waals surface area (Å²) < 4.78 is 38.9. The highest BCUT2D eigenvalue weighted by Gasteiger charge is 2.27. The second-order valence-corrected chi connectivity index (χ2v) is 10.2. The molecule has 1 N–H and O–H groups in total. The summed E-state index contributed by atoms with van der Waals surface area (Å²) in [5, 5.41) is 9.35. The highest BCUT2D eigenvalue weighted by Crippen LogP contribution is 2.31. The van der Waals surface area contributed by atoms with Crippen LogP contribution in [0.15, 0.2) is 30.4 Å². The Morgan fingerprint density at radius 1 is 1.36 bits per heavy atom. The van der Waals surface area contributed by atoms with Crippen LogP contribution in [0.25, 0.3) is 5.57 Å². The van der Waals surface area contributed by atoms with Crippen molar-refractivity contribution in [1.29, 1.82) is 5.26 Å². The number of allylic oxidation sites excluding steroid dienone is 4. The van der Waals surface area contributed by atoms with Crippen molar-refractivity contribution in [2.45, 2.75) is 51.9 Å². The maximum absolute atomic E-state index is 12.7. The van der Waals surface area contributed by atoms with Crippen LogP contribution in [0.5, 0.6) is 0 Å². The normalized spacial score (nSPS) is 17.2. The minimum absolute atomic E-state index is 0.202. The Balaban J connectivity index is 2.24. The molecular weight excluding hydrogens is 442 g/mol. The molecule has 9 heteroatoms. The van der Waals surface area contributed by atoms with Gasteiger partial charge in [0.25, 0.3) is 0 Å². The molecule has 2 rings (SSSR count). The van der Waals surface area contributed by atoms with Gasteiger partial charge in [-0.25, -0.2) is 17.9 Å². The van der Waals surface area contributed by atoms with Crippen molar-refractivity contribution < 1.29 is 22.7 Å². The zero-order valence-electron chi connectivity index (χ0n) is 19.9. The Bertz CT molecular complexity index is 1090.